The van der Waals surface area contributed by atoms with Gasteiger partial charge in [0.25, 0.3) is 0 Å². The highest BCUT2D eigenvalue weighted by molar-refractivity contribution is 5.81. The summed E-state index contributed by atoms with van der Waals surface area (Å²) in [6.45, 7) is 2.79. The molecule has 1 N–H and O–H groups in total. The van der Waals surface area contributed by atoms with E-state index in [0.29, 0.717) is 52.8 Å². The largest absolute Gasteiger partial charge is 0.494 e. The van der Waals surface area contributed by atoms with E-state index in [2.05, 4.69) is 15.0 Å². The van der Waals surface area contributed by atoms with Gasteiger partial charge < -0.3 is 14.5 Å². The molecule has 36 heavy (non-hydrogen) atoms. The Morgan fingerprint density at radius 3 is 2.33 bits per heavy atom. The molecule has 0 aliphatic rings. The Morgan fingerprint density at radius 2 is 1.58 bits per heavy atom. The third-order valence-corrected chi connectivity index (χ3v) is 5.57. The van der Waals surface area contributed by atoms with Crippen molar-refractivity contribution in [3.05, 3.63) is 96.2 Å². The lowest BCUT2D eigenvalue weighted by Crippen LogP contribution is -2.04. The van der Waals surface area contributed by atoms with Crippen LogP contribution in [0.15, 0.2) is 85.1 Å². The van der Waals surface area contributed by atoms with E-state index >= 15 is 0 Å². The summed E-state index contributed by atoms with van der Waals surface area (Å²) in [4.78, 5) is 12.2. The summed E-state index contributed by atoms with van der Waals surface area (Å²) in [6.07, 6.45) is -2.89. The molecular weight excluding hydrogens is 467 g/mol. The van der Waals surface area contributed by atoms with Gasteiger partial charge in [-0.15, -0.1) is 0 Å². The molecule has 5 nitrogen and oxygen atoms in total. The molecule has 0 aliphatic carbocycles. The van der Waals surface area contributed by atoms with Crippen molar-refractivity contribution in [1.29, 1.82) is 0 Å². The minimum absolute atomic E-state index is 0.401. The number of fused-ring (bicyclic) bond motifs is 1. The third-order valence-electron chi connectivity index (χ3n) is 5.57. The maximum Gasteiger partial charge on any atom is 0.416 e. The SMILES string of the molecule is CCOc1cc(OCc2ccccc2)cc(-c2nc3ncc(-c4cccc(C(F)(F)F)c4)cc3[nH]2)c1. The molecule has 0 saturated heterocycles. The summed E-state index contributed by atoms with van der Waals surface area (Å²) in [5.41, 5.74) is 3.10. The van der Waals surface area contributed by atoms with E-state index in [-0.39, 0.29) is 0 Å². The second-order valence-electron chi connectivity index (χ2n) is 8.16. The Kier molecular flexibility index (Phi) is 6.33. The van der Waals surface area contributed by atoms with Crippen LogP contribution in [0.4, 0.5) is 13.2 Å². The number of imidazole rings is 1. The van der Waals surface area contributed by atoms with Crippen LogP contribution in [0.2, 0.25) is 0 Å². The first-order valence-corrected chi connectivity index (χ1v) is 11.4. The smallest absolute Gasteiger partial charge is 0.416 e. The molecule has 3 aromatic carbocycles. The molecule has 0 aliphatic heterocycles. The Bertz CT molecular complexity index is 1500. The van der Waals surface area contributed by atoms with Crippen molar-refractivity contribution in [2.45, 2.75) is 19.7 Å². The quantitative estimate of drug-likeness (QED) is 0.261. The Morgan fingerprint density at radius 1 is 0.806 bits per heavy atom. The fraction of sp³-hybridized carbons (Fsp3) is 0.143. The standard InChI is InChI=1S/C28H22F3N3O2/c1-2-35-23-12-20(13-24(15-23)36-17-18-7-4-3-5-8-18)26-33-25-14-21(16-32-27(25)34-26)19-9-6-10-22(11-19)28(29,30)31/h3-16H,2,17H2,1H3,(H,32,33,34). The number of rotatable bonds is 7. The number of aromatic amines is 1. The number of halogens is 3. The predicted octanol–water partition coefficient (Wildman–Crippen LogP) is 7.29. The van der Waals surface area contributed by atoms with Crippen LogP contribution in [0, 0.1) is 0 Å². The summed E-state index contributed by atoms with van der Waals surface area (Å²) >= 11 is 0. The van der Waals surface area contributed by atoms with Gasteiger partial charge in [0.2, 0.25) is 0 Å². The molecule has 2 aromatic heterocycles. The van der Waals surface area contributed by atoms with Crippen LogP contribution in [-0.4, -0.2) is 21.6 Å². The number of pyridine rings is 1. The Labute approximate surface area is 205 Å². The average molecular weight is 489 g/mol. The molecule has 0 bridgehead atoms. The van der Waals surface area contributed by atoms with Crippen LogP contribution in [0.25, 0.3) is 33.7 Å². The van der Waals surface area contributed by atoms with Crippen LogP contribution in [0.3, 0.4) is 0 Å². The number of hydrogen-bond acceptors (Lipinski definition) is 4. The van der Waals surface area contributed by atoms with E-state index in [1.165, 1.54) is 12.3 Å². The fourth-order valence-corrected chi connectivity index (χ4v) is 3.85. The van der Waals surface area contributed by atoms with Crippen LogP contribution < -0.4 is 9.47 Å². The monoisotopic (exact) mass is 489 g/mol. The topological polar surface area (TPSA) is 60.0 Å². The van der Waals surface area contributed by atoms with Gasteiger partial charge in [0.05, 0.1) is 17.7 Å². The molecule has 2 heterocycles. The highest BCUT2D eigenvalue weighted by atomic mass is 19.4. The average Bonchev–Trinajstić information content (AvgIpc) is 3.31. The van der Waals surface area contributed by atoms with Gasteiger partial charge in [-0.05, 0) is 48.4 Å². The van der Waals surface area contributed by atoms with E-state index in [0.717, 1.165) is 23.3 Å². The van der Waals surface area contributed by atoms with Crippen LogP contribution in [-0.2, 0) is 12.8 Å². The van der Waals surface area contributed by atoms with Gasteiger partial charge in [0, 0.05) is 23.4 Å². The Balaban J connectivity index is 1.47. The maximum absolute atomic E-state index is 13.1. The summed E-state index contributed by atoms with van der Waals surface area (Å²) in [6, 6.07) is 22.3. The van der Waals surface area contributed by atoms with Gasteiger partial charge >= 0.3 is 6.18 Å². The highest BCUT2D eigenvalue weighted by Crippen LogP contribution is 2.34. The first-order chi connectivity index (χ1) is 17.4. The second kappa shape index (κ2) is 9.73. The van der Waals surface area contributed by atoms with Crippen molar-refractivity contribution in [2.75, 3.05) is 6.61 Å². The predicted molar refractivity (Wildman–Crippen MR) is 132 cm³/mol. The highest BCUT2D eigenvalue weighted by Gasteiger charge is 2.30. The number of aromatic nitrogens is 3. The van der Waals surface area contributed by atoms with Crippen molar-refractivity contribution in [1.82, 2.24) is 15.0 Å². The van der Waals surface area contributed by atoms with E-state index in [1.807, 2.05) is 55.5 Å². The zero-order valence-corrected chi connectivity index (χ0v) is 19.3. The molecule has 0 atom stereocenters. The molecular formula is C28H22F3N3O2. The number of benzene rings is 3. The first-order valence-electron chi connectivity index (χ1n) is 11.4. The van der Waals surface area contributed by atoms with Crippen molar-refractivity contribution in [3.8, 4) is 34.0 Å². The van der Waals surface area contributed by atoms with E-state index in [1.54, 1.807) is 12.1 Å². The summed E-state index contributed by atoms with van der Waals surface area (Å²) in [5.74, 6) is 1.80. The van der Waals surface area contributed by atoms with E-state index in [4.69, 9.17) is 9.47 Å². The van der Waals surface area contributed by atoms with Crippen LogP contribution in [0.5, 0.6) is 11.5 Å². The van der Waals surface area contributed by atoms with Gasteiger partial charge in [-0.25, -0.2) is 9.97 Å². The minimum Gasteiger partial charge on any atom is -0.494 e. The zero-order chi connectivity index (χ0) is 25.1. The first kappa shape index (κ1) is 23.4. The maximum atomic E-state index is 13.1. The minimum atomic E-state index is -4.42. The zero-order valence-electron chi connectivity index (χ0n) is 19.3. The molecule has 0 fully saturated rings. The fourth-order valence-electron chi connectivity index (χ4n) is 3.85. The molecule has 8 heteroatoms. The van der Waals surface area contributed by atoms with Crippen molar-refractivity contribution in [2.24, 2.45) is 0 Å². The van der Waals surface area contributed by atoms with Crippen molar-refractivity contribution in [3.63, 3.8) is 0 Å². The van der Waals surface area contributed by atoms with Gasteiger partial charge in [0.15, 0.2) is 5.65 Å². The summed E-state index contributed by atoms with van der Waals surface area (Å²) in [7, 11) is 0. The molecule has 5 rings (SSSR count). The van der Waals surface area contributed by atoms with Gasteiger partial charge in [-0.2, -0.15) is 13.2 Å². The molecule has 0 unspecified atom stereocenters. The second-order valence-corrected chi connectivity index (χ2v) is 8.16. The molecule has 0 amide bonds. The molecule has 0 radical (unpaired) electrons. The van der Waals surface area contributed by atoms with Gasteiger partial charge in [-0.1, -0.05) is 42.5 Å². The number of ether oxygens (including phenoxy) is 2. The molecule has 5 aromatic rings. The van der Waals surface area contributed by atoms with Crippen molar-refractivity contribution >= 4 is 11.2 Å². The van der Waals surface area contributed by atoms with Crippen LogP contribution in [0.1, 0.15) is 18.1 Å². The third kappa shape index (κ3) is 5.17. The van der Waals surface area contributed by atoms with Gasteiger partial charge in [0.1, 0.15) is 23.9 Å². The number of alkyl halides is 3. The van der Waals surface area contributed by atoms with Crippen LogP contribution >= 0.6 is 0 Å². The lowest BCUT2D eigenvalue weighted by molar-refractivity contribution is -0.137. The molecule has 0 spiro atoms. The number of nitrogens with one attached hydrogen (secondary N) is 1. The Hall–Kier alpha value is -4.33. The lowest BCUT2D eigenvalue weighted by atomic mass is 10.0. The van der Waals surface area contributed by atoms with E-state index < -0.39 is 11.7 Å². The van der Waals surface area contributed by atoms with E-state index in [9.17, 15) is 13.2 Å². The number of hydrogen-bond donors (Lipinski definition) is 1. The van der Waals surface area contributed by atoms with Gasteiger partial charge in [-0.3, -0.25) is 0 Å². The number of nitrogens with zero attached hydrogens (tertiary/aromatic N) is 2. The summed E-state index contributed by atoms with van der Waals surface area (Å²) in [5, 5.41) is 0. The molecule has 182 valence electrons. The van der Waals surface area contributed by atoms with Crippen molar-refractivity contribution < 1.29 is 22.6 Å². The number of H-pyrrole nitrogens is 1. The summed E-state index contributed by atoms with van der Waals surface area (Å²) < 4.78 is 51.2. The normalized spacial score (nSPS) is 11.6. The lowest BCUT2D eigenvalue weighted by Gasteiger charge is -2.11. The molecule has 0 saturated carbocycles.